The Kier molecular flexibility index (Phi) is 27.7. The van der Waals surface area contributed by atoms with Gasteiger partial charge in [-0.25, -0.2) is 0 Å². The molecule has 9 nitrogen and oxygen atoms in total. The molecular formula is C23H47N3O6. The number of ether oxygens (including phenoxy) is 3. The van der Waals surface area contributed by atoms with Crippen LogP contribution in [0.3, 0.4) is 0 Å². The topological polar surface area (TPSA) is 115 Å². The van der Waals surface area contributed by atoms with Gasteiger partial charge in [-0.3, -0.25) is 14.4 Å². The van der Waals surface area contributed by atoms with Crippen molar-refractivity contribution in [2.45, 2.75) is 66.2 Å². The second-order valence-electron chi connectivity index (χ2n) is 7.36. The summed E-state index contributed by atoms with van der Waals surface area (Å²) in [6.45, 7) is 13.3. The largest absolute Gasteiger partial charge is 0.381 e. The fourth-order valence-corrected chi connectivity index (χ4v) is 2.28. The molecule has 3 amide bonds. The van der Waals surface area contributed by atoms with Crippen molar-refractivity contribution in [1.29, 1.82) is 0 Å². The molecule has 0 atom stereocenters. The van der Waals surface area contributed by atoms with E-state index in [1.165, 1.54) is 0 Å². The molecule has 0 aliphatic rings. The Morgan fingerprint density at radius 1 is 0.688 bits per heavy atom. The molecule has 0 aliphatic heterocycles. The molecule has 190 valence electrons. The highest BCUT2D eigenvalue weighted by Gasteiger charge is 2.11. The number of nitrogens with one attached hydrogen (secondary N) is 3. The van der Waals surface area contributed by atoms with Gasteiger partial charge in [0, 0.05) is 45.0 Å². The van der Waals surface area contributed by atoms with E-state index >= 15 is 0 Å². The lowest BCUT2D eigenvalue weighted by Gasteiger charge is -2.17. The SMILES string of the molecule is CCCNC(=O)CCOCC(COCCC)COCCC(=O)NCCC.CCCNC=O. The molecule has 0 aromatic carbocycles. The zero-order chi connectivity index (χ0) is 24.3. The predicted molar refractivity (Wildman–Crippen MR) is 126 cm³/mol. The number of carbonyl (C=O) groups is 3. The van der Waals surface area contributed by atoms with Crippen molar-refractivity contribution in [1.82, 2.24) is 16.0 Å². The molecular weight excluding hydrogens is 414 g/mol. The Labute approximate surface area is 194 Å². The number of hydrogen-bond acceptors (Lipinski definition) is 6. The monoisotopic (exact) mass is 461 g/mol. The van der Waals surface area contributed by atoms with Gasteiger partial charge < -0.3 is 30.2 Å². The van der Waals surface area contributed by atoms with Gasteiger partial charge in [-0.05, 0) is 25.7 Å². The van der Waals surface area contributed by atoms with E-state index in [-0.39, 0.29) is 17.7 Å². The molecule has 0 saturated carbocycles. The molecule has 0 rings (SSSR count). The minimum Gasteiger partial charge on any atom is -0.381 e. The van der Waals surface area contributed by atoms with Crippen molar-refractivity contribution in [3.8, 4) is 0 Å². The molecule has 0 saturated heterocycles. The van der Waals surface area contributed by atoms with E-state index < -0.39 is 0 Å². The molecule has 0 aromatic rings. The van der Waals surface area contributed by atoms with Crippen molar-refractivity contribution in [3.05, 3.63) is 0 Å². The quantitative estimate of drug-likeness (QED) is 0.178. The second-order valence-corrected chi connectivity index (χ2v) is 7.36. The van der Waals surface area contributed by atoms with Gasteiger partial charge in [-0.1, -0.05) is 27.7 Å². The number of hydrogen-bond donors (Lipinski definition) is 3. The Morgan fingerprint density at radius 2 is 1.12 bits per heavy atom. The molecule has 0 radical (unpaired) electrons. The average Bonchev–Trinajstić information content (AvgIpc) is 2.80. The summed E-state index contributed by atoms with van der Waals surface area (Å²) in [7, 11) is 0. The van der Waals surface area contributed by atoms with Crippen LogP contribution in [0.4, 0.5) is 0 Å². The molecule has 32 heavy (non-hydrogen) atoms. The summed E-state index contributed by atoms with van der Waals surface area (Å²) in [5, 5.41) is 8.16. The normalized spacial score (nSPS) is 10.3. The van der Waals surface area contributed by atoms with Crippen molar-refractivity contribution in [2.24, 2.45) is 5.92 Å². The van der Waals surface area contributed by atoms with Crippen LogP contribution >= 0.6 is 0 Å². The van der Waals surface area contributed by atoms with Gasteiger partial charge in [0.15, 0.2) is 0 Å². The van der Waals surface area contributed by atoms with Gasteiger partial charge in [-0.2, -0.15) is 0 Å². The summed E-state index contributed by atoms with van der Waals surface area (Å²) < 4.78 is 16.8. The summed E-state index contributed by atoms with van der Waals surface area (Å²) in [5.41, 5.74) is 0. The summed E-state index contributed by atoms with van der Waals surface area (Å²) in [4.78, 5) is 32.5. The van der Waals surface area contributed by atoms with E-state index in [1.54, 1.807) is 0 Å². The van der Waals surface area contributed by atoms with Crippen molar-refractivity contribution >= 4 is 18.2 Å². The molecule has 0 bridgehead atoms. The Morgan fingerprint density at radius 3 is 1.47 bits per heavy atom. The highest BCUT2D eigenvalue weighted by atomic mass is 16.5. The number of carbonyl (C=O) groups excluding carboxylic acids is 3. The summed E-state index contributed by atoms with van der Waals surface area (Å²) in [6.07, 6.45) is 5.27. The lowest BCUT2D eigenvalue weighted by molar-refractivity contribution is -0.122. The van der Waals surface area contributed by atoms with Crippen molar-refractivity contribution in [3.63, 3.8) is 0 Å². The second kappa shape index (κ2) is 27.3. The third-order valence-corrected chi connectivity index (χ3v) is 3.98. The third kappa shape index (κ3) is 26.3. The van der Waals surface area contributed by atoms with Gasteiger partial charge in [0.1, 0.15) is 0 Å². The first kappa shape index (κ1) is 32.5. The van der Waals surface area contributed by atoms with Crippen molar-refractivity contribution in [2.75, 3.05) is 59.3 Å². The van der Waals surface area contributed by atoms with Crippen LogP contribution in [-0.4, -0.2) is 77.5 Å². The predicted octanol–water partition coefficient (Wildman–Crippen LogP) is 2.04. The highest BCUT2D eigenvalue weighted by molar-refractivity contribution is 5.76. The minimum absolute atomic E-state index is 0.0139. The molecule has 0 heterocycles. The van der Waals surface area contributed by atoms with E-state index in [4.69, 9.17) is 14.2 Å². The van der Waals surface area contributed by atoms with E-state index in [2.05, 4.69) is 22.9 Å². The third-order valence-electron chi connectivity index (χ3n) is 3.98. The first-order chi connectivity index (χ1) is 15.5. The van der Waals surface area contributed by atoms with Gasteiger partial charge in [0.25, 0.3) is 0 Å². The van der Waals surface area contributed by atoms with Crippen LogP contribution in [0.15, 0.2) is 0 Å². The van der Waals surface area contributed by atoms with Gasteiger partial charge >= 0.3 is 0 Å². The fraction of sp³-hybridized carbons (Fsp3) is 0.870. The summed E-state index contributed by atoms with van der Waals surface area (Å²) >= 11 is 0. The molecule has 0 aromatic heterocycles. The molecule has 0 fully saturated rings. The zero-order valence-electron chi connectivity index (χ0n) is 20.7. The van der Waals surface area contributed by atoms with E-state index in [0.717, 1.165) is 32.2 Å². The van der Waals surface area contributed by atoms with Crippen LogP contribution in [0.1, 0.15) is 66.2 Å². The standard InChI is InChI=1S/C19H38N2O5.C4H9NO/c1-4-9-20-18(22)7-12-25-15-17(14-24-11-6-3)16-26-13-8-19(23)21-10-5-2;1-2-3-5-4-6/h17H,4-16H2,1-3H3,(H,20,22)(H,21,23);4H,2-3H2,1H3,(H,5,6). The first-order valence-corrected chi connectivity index (χ1v) is 12.0. The highest BCUT2D eigenvalue weighted by Crippen LogP contribution is 2.02. The van der Waals surface area contributed by atoms with Crippen LogP contribution in [0.25, 0.3) is 0 Å². The number of amides is 3. The lowest BCUT2D eigenvalue weighted by Crippen LogP contribution is -2.27. The Balaban J connectivity index is 0. The van der Waals surface area contributed by atoms with E-state index in [9.17, 15) is 14.4 Å². The Bertz CT molecular complexity index is 410. The maximum Gasteiger partial charge on any atom is 0.222 e. The number of rotatable bonds is 21. The molecule has 3 N–H and O–H groups in total. The first-order valence-electron chi connectivity index (χ1n) is 12.0. The maximum atomic E-state index is 11.5. The maximum absolute atomic E-state index is 11.5. The molecule has 0 aliphatic carbocycles. The zero-order valence-corrected chi connectivity index (χ0v) is 20.7. The molecule has 0 unspecified atom stereocenters. The smallest absolute Gasteiger partial charge is 0.222 e. The van der Waals surface area contributed by atoms with Crippen LogP contribution in [0, 0.1) is 5.92 Å². The minimum atomic E-state index is 0.0139. The van der Waals surface area contributed by atoms with Crippen LogP contribution < -0.4 is 16.0 Å². The van der Waals surface area contributed by atoms with Crippen LogP contribution in [0.2, 0.25) is 0 Å². The fourth-order valence-electron chi connectivity index (χ4n) is 2.28. The average molecular weight is 462 g/mol. The van der Waals surface area contributed by atoms with Crippen LogP contribution in [0.5, 0.6) is 0 Å². The van der Waals surface area contributed by atoms with Crippen molar-refractivity contribution < 1.29 is 28.6 Å². The summed E-state index contributed by atoms with van der Waals surface area (Å²) in [6, 6.07) is 0. The van der Waals surface area contributed by atoms with E-state index in [1.807, 2.05) is 20.8 Å². The van der Waals surface area contributed by atoms with E-state index in [0.29, 0.717) is 72.0 Å². The molecule has 9 heteroatoms. The lowest BCUT2D eigenvalue weighted by atomic mass is 10.2. The Hall–Kier alpha value is -1.71. The molecule has 0 spiro atoms. The summed E-state index contributed by atoms with van der Waals surface area (Å²) in [5.74, 6) is 0.124. The van der Waals surface area contributed by atoms with Gasteiger partial charge in [0.05, 0.1) is 33.0 Å². The van der Waals surface area contributed by atoms with Gasteiger partial charge in [0.2, 0.25) is 18.2 Å². The van der Waals surface area contributed by atoms with Gasteiger partial charge in [-0.15, -0.1) is 0 Å². The van der Waals surface area contributed by atoms with Crippen LogP contribution in [-0.2, 0) is 28.6 Å².